The molecule has 0 radical (unpaired) electrons. The highest BCUT2D eigenvalue weighted by atomic mass is 35.5. The highest BCUT2D eigenvalue weighted by molar-refractivity contribution is 7.93. The lowest BCUT2D eigenvalue weighted by molar-refractivity contribution is -0.143. The molecular weight excluding hydrogens is 416 g/mol. The number of H-pyrrole nitrogens is 1. The van der Waals surface area contributed by atoms with Crippen molar-refractivity contribution >= 4 is 49.8 Å². The second kappa shape index (κ2) is 6.67. The highest BCUT2D eigenvalue weighted by Gasteiger charge is 2.39. The van der Waals surface area contributed by atoms with E-state index in [9.17, 15) is 21.6 Å². The van der Waals surface area contributed by atoms with Crippen molar-refractivity contribution in [2.75, 3.05) is 10.6 Å². The molecule has 0 atom stereocenters. The Bertz CT molecular complexity index is 1060. The van der Waals surface area contributed by atoms with Crippen molar-refractivity contribution in [2.24, 2.45) is 0 Å². The first kappa shape index (κ1) is 18.9. The molecule has 0 amide bonds. The predicted molar refractivity (Wildman–Crippen MR) is 92.1 cm³/mol. The molecule has 2 heterocycles. The van der Waals surface area contributed by atoms with Crippen LogP contribution in [0.5, 0.6) is 0 Å². The van der Waals surface area contributed by atoms with Crippen LogP contribution in [0.25, 0.3) is 10.9 Å². The van der Waals surface area contributed by atoms with Crippen LogP contribution in [0.2, 0.25) is 5.02 Å². The minimum Gasteiger partial charge on any atom is -0.360 e. The van der Waals surface area contributed by atoms with E-state index < -0.39 is 27.6 Å². The van der Waals surface area contributed by atoms with E-state index in [1.165, 1.54) is 24.4 Å². The highest BCUT2D eigenvalue weighted by Crippen LogP contribution is 2.36. The Balaban J connectivity index is 2.05. The van der Waals surface area contributed by atoms with Crippen LogP contribution in [0, 0.1) is 0 Å². The number of benzene rings is 1. The summed E-state index contributed by atoms with van der Waals surface area (Å²) in [6.07, 6.45) is -2.83. The second-order valence-corrected chi connectivity index (χ2v) is 7.73. The number of hydrogen-bond donors (Lipinski definition) is 2. The zero-order valence-corrected chi connectivity index (χ0v) is 15.1. The average Bonchev–Trinajstić information content (AvgIpc) is 3.10. The molecule has 3 rings (SSSR count). The van der Waals surface area contributed by atoms with Crippen molar-refractivity contribution in [3.8, 4) is 0 Å². The number of nitrogens with zero attached hydrogens (tertiary/aromatic N) is 2. The van der Waals surface area contributed by atoms with Gasteiger partial charge in [-0.05, 0) is 18.2 Å². The Morgan fingerprint density at radius 2 is 2.04 bits per heavy atom. The van der Waals surface area contributed by atoms with E-state index in [1.54, 1.807) is 0 Å². The van der Waals surface area contributed by atoms with E-state index >= 15 is 0 Å². The summed E-state index contributed by atoms with van der Waals surface area (Å²) in [4.78, 5) is 2.52. The maximum absolute atomic E-state index is 13.3. The third kappa shape index (κ3) is 3.49. The number of aryl methyl sites for hydroxylation is 1. The molecule has 0 spiro atoms. The molecule has 0 aliphatic heterocycles. The number of aromatic amines is 1. The number of nitrogens with one attached hydrogen (secondary N) is 2. The fraction of sp³-hybridized carbons (Fsp3) is 0.214. The van der Waals surface area contributed by atoms with Crippen LogP contribution in [-0.4, -0.2) is 29.1 Å². The van der Waals surface area contributed by atoms with E-state index in [2.05, 4.69) is 10.1 Å². The Morgan fingerprint density at radius 3 is 2.69 bits per heavy atom. The zero-order valence-electron chi connectivity index (χ0n) is 12.8. The molecule has 0 fully saturated rings. The quantitative estimate of drug-likeness (QED) is 0.603. The van der Waals surface area contributed by atoms with Gasteiger partial charge < -0.3 is 4.98 Å². The monoisotopic (exact) mass is 426 g/mol. The van der Waals surface area contributed by atoms with E-state index in [0.29, 0.717) is 20.6 Å². The molecule has 0 aliphatic rings. The number of halogens is 5. The van der Waals surface area contributed by atoms with Gasteiger partial charge in [0.25, 0.3) is 10.0 Å². The molecule has 12 heteroatoms. The SMILES string of the molecule is O=S(=O)(Nc1cnn(CCCl)c1C(F)(F)F)c1c[nH]c2cc(Cl)ccc12. The van der Waals surface area contributed by atoms with Crippen molar-refractivity contribution in [1.29, 1.82) is 0 Å². The van der Waals surface area contributed by atoms with Gasteiger partial charge in [0.2, 0.25) is 0 Å². The van der Waals surface area contributed by atoms with Gasteiger partial charge in [0.15, 0.2) is 5.69 Å². The first-order valence-electron chi connectivity index (χ1n) is 7.12. The van der Waals surface area contributed by atoms with Crippen molar-refractivity contribution in [2.45, 2.75) is 17.6 Å². The van der Waals surface area contributed by atoms with E-state index in [4.69, 9.17) is 23.2 Å². The zero-order chi connectivity index (χ0) is 19.1. The molecule has 26 heavy (non-hydrogen) atoms. The van der Waals surface area contributed by atoms with E-state index in [1.807, 2.05) is 4.72 Å². The van der Waals surface area contributed by atoms with E-state index in [0.717, 1.165) is 6.20 Å². The number of fused-ring (bicyclic) bond motifs is 1. The molecule has 2 N–H and O–H groups in total. The number of aromatic nitrogens is 3. The largest absolute Gasteiger partial charge is 0.435 e. The molecule has 3 aromatic rings. The van der Waals surface area contributed by atoms with Gasteiger partial charge in [0, 0.05) is 28.0 Å². The lowest BCUT2D eigenvalue weighted by Crippen LogP contribution is -2.20. The van der Waals surface area contributed by atoms with Gasteiger partial charge in [-0.25, -0.2) is 8.42 Å². The predicted octanol–water partition coefficient (Wildman–Crippen LogP) is 4.08. The Hall–Kier alpha value is -1.91. The maximum Gasteiger partial charge on any atom is 0.435 e. The van der Waals surface area contributed by atoms with Gasteiger partial charge in [0.1, 0.15) is 4.90 Å². The number of hydrogen-bond acceptors (Lipinski definition) is 3. The van der Waals surface area contributed by atoms with Crippen LogP contribution in [0.1, 0.15) is 5.69 Å². The molecule has 2 aromatic heterocycles. The third-order valence-electron chi connectivity index (χ3n) is 3.54. The summed E-state index contributed by atoms with van der Waals surface area (Å²) in [5, 5.41) is 4.25. The van der Waals surface area contributed by atoms with Gasteiger partial charge in [0.05, 0.1) is 18.4 Å². The van der Waals surface area contributed by atoms with Crippen LogP contribution in [0.15, 0.2) is 35.5 Å². The molecule has 0 bridgehead atoms. The Morgan fingerprint density at radius 1 is 1.31 bits per heavy atom. The van der Waals surface area contributed by atoms with Gasteiger partial charge in [-0.15, -0.1) is 11.6 Å². The van der Waals surface area contributed by atoms with Gasteiger partial charge in [-0.1, -0.05) is 11.6 Å². The summed E-state index contributed by atoms with van der Waals surface area (Å²) < 4.78 is 67.8. The van der Waals surface area contributed by atoms with Crippen LogP contribution >= 0.6 is 23.2 Å². The molecule has 0 aliphatic carbocycles. The summed E-state index contributed by atoms with van der Waals surface area (Å²) in [6, 6.07) is 4.45. The van der Waals surface area contributed by atoms with Gasteiger partial charge in [-0.2, -0.15) is 18.3 Å². The number of rotatable bonds is 5. The second-order valence-electron chi connectivity index (χ2n) is 5.27. The van der Waals surface area contributed by atoms with Gasteiger partial charge in [-0.3, -0.25) is 9.40 Å². The van der Waals surface area contributed by atoms with Crippen LogP contribution in [-0.2, 0) is 22.7 Å². The summed E-state index contributed by atoms with van der Waals surface area (Å²) in [5.74, 6) is -0.111. The van der Waals surface area contributed by atoms with E-state index in [-0.39, 0.29) is 17.3 Å². The normalized spacial score (nSPS) is 12.7. The molecular formula is C14H11Cl2F3N4O2S. The summed E-state index contributed by atoms with van der Waals surface area (Å²) >= 11 is 11.3. The first-order chi connectivity index (χ1) is 12.1. The molecule has 140 valence electrons. The summed E-state index contributed by atoms with van der Waals surface area (Å²) in [7, 11) is -4.30. The molecule has 0 saturated carbocycles. The lowest BCUT2D eigenvalue weighted by Gasteiger charge is -2.13. The van der Waals surface area contributed by atoms with Crippen molar-refractivity contribution in [3.05, 3.63) is 41.3 Å². The van der Waals surface area contributed by atoms with Crippen LogP contribution < -0.4 is 4.72 Å². The standard InChI is InChI=1S/C14H11Cl2F3N4O2S/c15-3-4-23-13(14(17,18)19)11(6-21-23)22-26(24,25)12-7-20-10-5-8(16)1-2-9(10)12/h1-2,5-7,20,22H,3-4H2. The van der Waals surface area contributed by atoms with Gasteiger partial charge >= 0.3 is 6.18 Å². The Labute approximate surface area is 155 Å². The van der Waals surface area contributed by atoms with Crippen LogP contribution in [0.4, 0.5) is 18.9 Å². The maximum atomic E-state index is 13.3. The third-order valence-corrected chi connectivity index (χ3v) is 5.35. The van der Waals surface area contributed by atoms with Crippen molar-refractivity contribution in [1.82, 2.24) is 14.8 Å². The molecule has 6 nitrogen and oxygen atoms in total. The fourth-order valence-corrected chi connectivity index (χ4v) is 4.07. The summed E-state index contributed by atoms with van der Waals surface area (Å²) in [6.45, 7) is -0.219. The Kier molecular flexibility index (Phi) is 4.84. The number of sulfonamides is 1. The lowest BCUT2D eigenvalue weighted by atomic mass is 10.2. The minimum absolute atomic E-state index is 0.111. The number of anilines is 1. The fourth-order valence-electron chi connectivity index (χ4n) is 2.50. The molecule has 0 saturated heterocycles. The molecule has 0 unspecified atom stereocenters. The first-order valence-corrected chi connectivity index (χ1v) is 9.51. The summed E-state index contributed by atoms with van der Waals surface area (Å²) in [5.41, 5.74) is -1.46. The number of alkyl halides is 4. The van der Waals surface area contributed by atoms with Crippen LogP contribution in [0.3, 0.4) is 0 Å². The minimum atomic E-state index is -4.81. The molecule has 1 aromatic carbocycles. The van der Waals surface area contributed by atoms with Crippen molar-refractivity contribution < 1.29 is 21.6 Å². The topological polar surface area (TPSA) is 79.8 Å². The average molecular weight is 427 g/mol. The van der Waals surface area contributed by atoms with Crippen molar-refractivity contribution in [3.63, 3.8) is 0 Å². The smallest absolute Gasteiger partial charge is 0.360 e.